The van der Waals surface area contributed by atoms with Gasteiger partial charge in [0, 0.05) is 5.56 Å². The lowest BCUT2D eigenvalue weighted by Gasteiger charge is -2.12. The normalized spacial score (nSPS) is 11.3. The summed E-state index contributed by atoms with van der Waals surface area (Å²) in [5, 5.41) is 2.78. The molecule has 2 aromatic heterocycles. The average Bonchev–Trinajstić information content (AvgIpc) is 2.76. The molecular formula is C13H18N4O. The molecule has 2 aromatic rings. The first-order chi connectivity index (χ1) is 8.56. The molecule has 0 amide bonds. The molecule has 2 heterocycles. The van der Waals surface area contributed by atoms with Gasteiger partial charge in [0.2, 0.25) is 0 Å². The highest BCUT2D eigenvalue weighted by atomic mass is 16.1. The Kier molecular flexibility index (Phi) is 3.32. The highest BCUT2D eigenvalue weighted by Crippen LogP contribution is 2.23. The number of allylic oxidation sites excluding steroid dienone is 1. The molecule has 0 bridgehead atoms. The lowest BCUT2D eigenvalue weighted by atomic mass is 9.97. The number of nitrogens with one attached hydrogen (secondary N) is 1. The highest BCUT2D eigenvalue weighted by Gasteiger charge is 2.18. The maximum atomic E-state index is 12.4. The first-order valence-electron chi connectivity index (χ1n) is 6.20. The summed E-state index contributed by atoms with van der Waals surface area (Å²) < 4.78 is 1.37. The van der Waals surface area contributed by atoms with Crippen molar-refractivity contribution in [3.63, 3.8) is 0 Å². The van der Waals surface area contributed by atoms with Gasteiger partial charge in [-0.15, -0.1) is 0 Å². The maximum absolute atomic E-state index is 12.4. The van der Waals surface area contributed by atoms with E-state index in [1.165, 1.54) is 10.8 Å². The SMILES string of the molecule is C=C(CCC)c1nc2nc[nH]n2c(=O)c1C(C)C. The standard InChI is InChI=1S/C13H18N4O/c1-5-6-9(4)11-10(8(2)3)12(18)17-13(16-11)14-7-15-17/h7-8H,4-6H2,1-3H3,(H,14,15,16). The van der Waals surface area contributed by atoms with E-state index in [0.29, 0.717) is 17.0 Å². The van der Waals surface area contributed by atoms with Gasteiger partial charge in [-0.2, -0.15) is 4.52 Å². The van der Waals surface area contributed by atoms with Gasteiger partial charge in [-0.05, 0) is 17.9 Å². The second kappa shape index (κ2) is 4.76. The van der Waals surface area contributed by atoms with Crippen LogP contribution in [0.25, 0.3) is 11.4 Å². The van der Waals surface area contributed by atoms with Gasteiger partial charge in [-0.25, -0.2) is 9.97 Å². The molecule has 0 spiro atoms. The van der Waals surface area contributed by atoms with E-state index in [2.05, 4.69) is 28.6 Å². The van der Waals surface area contributed by atoms with E-state index >= 15 is 0 Å². The van der Waals surface area contributed by atoms with Crippen LogP contribution in [-0.2, 0) is 0 Å². The Morgan fingerprint density at radius 2 is 2.28 bits per heavy atom. The second-order valence-corrected chi connectivity index (χ2v) is 4.71. The number of hydrogen-bond donors (Lipinski definition) is 1. The zero-order valence-corrected chi connectivity index (χ0v) is 11.0. The van der Waals surface area contributed by atoms with Crippen LogP contribution in [-0.4, -0.2) is 19.6 Å². The molecule has 0 aliphatic heterocycles. The van der Waals surface area contributed by atoms with Crippen LogP contribution in [0.4, 0.5) is 0 Å². The Morgan fingerprint density at radius 3 is 2.89 bits per heavy atom. The van der Waals surface area contributed by atoms with Crippen LogP contribution in [0.5, 0.6) is 0 Å². The fraction of sp³-hybridized carbons (Fsp3) is 0.462. The van der Waals surface area contributed by atoms with E-state index in [1.54, 1.807) is 0 Å². The summed E-state index contributed by atoms with van der Waals surface area (Å²) in [5.74, 6) is 0.505. The summed E-state index contributed by atoms with van der Waals surface area (Å²) in [7, 11) is 0. The smallest absolute Gasteiger partial charge is 0.278 e. The minimum Gasteiger partial charge on any atom is -0.278 e. The van der Waals surface area contributed by atoms with Crippen LogP contribution in [0.2, 0.25) is 0 Å². The Morgan fingerprint density at radius 1 is 1.56 bits per heavy atom. The molecule has 5 heteroatoms. The molecule has 0 aliphatic carbocycles. The Labute approximate surface area is 106 Å². The molecule has 0 unspecified atom stereocenters. The predicted octanol–water partition coefficient (Wildman–Crippen LogP) is 2.35. The molecule has 0 atom stereocenters. The fourth-order valence-corrected chi connectivity index (χ4v) is 2.08. The third-order valence-corrected chi connectivity index (χ3v) is 2.93. The van der Waals surface area contributed by atoms with E-state index in [1.807, 2.05) is 13.8 Å². The zero-order valence-electron chi connectivity index (χ0n) is 11.0. The number of rotatable bonds is 4. The van der Waals surface area contributed by atoms with Gasteiger partial charge in [0.15, 0.2) is 0 Å². The minimum absolute atomic E-state index is 0.0836. The zero-order chi connectivity index (χ0) is 13.3. The Bertz CT molecular complexity index is 636. The molecule has 0 fully saturated rings. The van der Waals surface area contributed by atoms with E-state index in [4.69, 9.17) is 0 Å². The van der Waals surface area contributed by atoms with Crippen LogP contribution >= 0.6 is 0 Å². The lowest BCUT2D eigenvalue weighted by Crippen LogP contribution is -2.23. The van der Waals surface area contributed by atoms with Crippen molar-refractivity contribution in [1.29, 1.82) is 0 Å². The molecule has 1 N–H and O–H groups in total. The molecule has 96 valence electrons. The Hall–Kier alpha value is -1.91. The molecule has 5 nitrogen and oxygen atoms in total. The molecule has 18 heavy (non-hydrogen) atoms. The van der Waals surface area contributed by atoms with Gasteiger partial charge < -0.3 is 0 Å². The molecule has 0 saturated heterocycles. The van der Waals surface area contributed by atoms with Gasteiger partial charge in [0.25, 0.3) is 11.3 Å². The summed E-state index contributed by atoms with van der Waals surface area (Å²) in [5.41, 5.74) is 2.24. The van der Waals surface area contributed by atoms with Gasteiger partial charge in [-0.3, -0.25) is 9.89 Å². The molecular weight excluding hydrogens is 228 g/mol. The van der Waals surface area contributed by atoms with E-state index in [-0.39, 0.29) is 11.5 Å². The van der Waals surface area contributed by atoms with Crippen molar-refractivity contribution < 1.29 is 0 Å². The summed E-state index contributed by atoms with van der Waals surface area (Å²) in [6.07, 6.45) is 3.30. The monoisotopic (exact) mass is 246 g/mol. The number of aromatic nitrogens is 4. The third-order valence-electron chi connectivity index (χ3n) is 2.93. The molecule has 0 aromatic carbocycles. The number of hydrogen-bond acceptors (Lipinski definition) is 3. The predicted molar refractivity (Wildman–Crippen MR) is 71.6 cm³/mol. The van der Waals surface area contributed by atoms with Crippen LogP contribution < -0.4 is 5.56 Å². The van der Waals surface area contributed by atoms with Gasteiger partial charge in [0.1, 0.15) is 6.33 Å². The van der Waals surface area contributed by atoms with Crippen molar-refractivity contribution >= 4 is 11.4 Å². The van der Waals surface area contributed by atoms with Crippen LogP contribution in [0.3, 0.4) is 0 Å². The van der Waals surface area contributed by atoms with Crippen LogP contribution in [0.1, 0.15) is 50.8 Å². The van der Waals surface area contributed by atoms with Crippen molar-refractivity contribution in [1.82, 2.24) is 19.6 Å². The molecule has 0 saturated carbocycles. The molecule has 0 aliphatic rings. The molecule has 2 rings (SSSR count). The van der Waals surface area contributed by atoms with Crippen LogP contribution in [0.15, 0.2) is 17.7 Å². The van der Waals surface area contributed by atoms with E-state index in [0.717, 1.165) is 18.4 Å². The first-order valence-corrected chi connectivity index (χ1v) is 6.20. The summed E-state index contributed by atoms with van der Waals surface area (Å²) in [6.45, 7) is 10.1. The van der Waals surface area contributed by atoms with Gasteiger partial charge in [0.05, 0.1) is 5.69 Å². The number of H-pyrrole nitrogens is 1. The van der Waals surface area contributed by atoms with E-state index < -0.39 is 0 Å². The van der Waals surface area contributed by atoms with Gasteiger partial charge in [-0.1, -0.05) is 33.8 Å². The van der Waals surface area contributed by atoms with Crippen LogP contribution in [0, 0.1) is 0 Å². The average molecular weight is 246 g/mol. The van der Waals surface area contributed by atoms with Crippen molar-refractivity contribution in [2.45, 2.75) is 39.5 Å². The van der Waals surface area contributed by atoms with Crippen molar-refractivity contribution in [2.75, 3.05) is 0 Å². The fourth-order valence-electron chi connectivity index (χ4n) is 2.08. The van der Waals surface area contributed by atoms with Crippen molar-refractivity contribution in [2.24, 2.45) is 0 Å². The number of fused-ring (bicyclic) bond motifs is 1. The largest absolute Gasteiger partial charge is 0.278 e. The second-order valence-electron chi connectivity index (χ2n) is 4.71. The summed E-state index contributed by atoms with van der Waals surface area (Å²) >= 11 is 0. The lowest BCUT2D eigenvalue weighted by molar-refractivity contribution is 0.784. The number of aromatic amines is 1. The summed E-state index contributed by atoms with van der Waals surface area (Å²) in [4.78, 5) is 20.9. The minimum atomic E-state index is -0.0836. The quantitative estimate of drug-likeness (QED) is 0.900. The third kappa shape index (κ3) is 1.96. The topological polar surface area (TPSA) is 63.1 Å². The summed E-state index contributed by atoms with van der Waals surface area (Å²) in [6, 6.07) is 0. The highest BCUT2D eigenvalue weighted by molar-refractivity contribution is 5.64. The number of nitrogens with zero attached hydrogens (tertiary/aromatic N) is 3. The maximum Gasteiger partial charge on any atom is 0.278 e. The Balaban J connectivity index is 2.73. The van der Waals surface area contributed by atoms with Gasteiger partial charge >= 0.3 is 0 Å². The van der Waals surface area contributed by atoms with Crippen molar-refractivity contribution in [3.8, 4) is 0 Å². The van der Waals surface area contributed by atoms with Crippen molar-refractivity contribution in [3.05, 3.63) is 34.5 Å². The molecule has 0 radical (unpaired) electrons. The first kappa shape index (κ1) is 12.5. The van der Waals surface area contributed by atoms with E-state index in [9.17, 15) is 4.79 Å².